The van der Waals surface area contributed by atoms with Gasteiger partial charge in [0.2, 0.25) is 5.91 Å². The molecule has 102 valence electrons. The van der Waals surface area contributed by atoms with Crippen LogP contribution in [0.1, 0.15) is 31.2 Å². The molecular weight excluding hydrogens is 238 g/mol. The third kappa shape index (κ3) is 2.10. The van der Waals surface area contributed by atoms with Gasteiger partial charge in [0.25, 0.3) is 0 Å². The van der Waals surface area contributed by atoms with Crippen molar-refractivity contribution in [2.75, 3.05) is 23.7 Å². The molecule has 1 aromatic carbocycles. The summed E-state index contributed by atoms with van der Waals surface area (Å²) < 4.78 is 0. The van der Waals surface area contributed by atoms with E-state index >= 15 is 0 Å². The molecular formula is C15H21N3O. The fourth-order valence-corrected chi connectivity index (χ4v) is 3.19. The SMILES string of the molecule is NCC1(CN2C(=O)CCc3cc(N)ccc32)CCC1. The Morgan fingerprint density at radius 1 is 1.26 bits per heavy atom. The Labute approximate surface area is 113 Å². The average molecular weight is 259 g/mol. The van der Waals surface area contributed by atoms with Crippen molar-refractivity contribution in [3.05, 3.63) is 23.8 Å². The highest BCUT2D eigenvalue weighted by Gasteiger charge is 2.39. The van der Waals surface area contributed by atoms with Crippen LogP contribution < -0.4 is 16.4 Å². The molecule has 0 bridgehead atoms. The van der Waals surface area contributed by atoms with Crippen LogP contribution in [0.4, 0.5) is 11.4 Å². The number of anilines is 2. The van der Waals surface area contributed by atoms with Gasteiger partial charge in [0.05, 0.1) is 0 Å². The maximum absolute atomic E-state index is 12.2. The van der Waals surface area contributed by atoms with E-state index in [4.69, 9.17) is 11.5 Å². The summed E-state index contributed by atoms with van der Waals surface area (Å²) in [6.45, 7) is 1.43. The van der Waals surface area contributed by atoms with Gasteiger partial charge in [-0.25, -0.2) is 0 Å². The summed E-state index contributed by atoms with van der Waals surface area (Å²) in [6.07, 6.45) is 4.88. The van der Waals surface area contributed by atoms with Crippen LogP contribution in [0.25, 0.3) is 0 Å². The number of rotatable bonds is 3. The Morgan fingerprint density at radius 2 is 2.05 bits per heavy atom. The van der Waals surface area contributed by atoms with E-state index in [0.29, 0.717) is 13.0 Å². The van der Waals surface area contributed by atoms with E-state index in [0.717, 1.165) is 37.2 Å². The fraction of sp³-hybridized carbons (Fsp3) is 0.533. The van der Waals surface area contributed by atoms with E-state index < -0.39 is 0 Å². The lowest BCUT2D eigenvalue weighted by Gasteiger charge is -2.45. The third-order valence-corrected chi connectivity index (χ3v) is 4.64. The molecule has 1 saturated carbocycles. The minimum atomic E-state index is 0.145. The summed E-state index contributed by atoms with van der Waals surface area (Å²) in [7, 11) is 0. The number of carbonyl (C=O) groups is 1. The van der Waals surface area contributed by atoms with Crippen molar-refractivity contribution in [1.82, 2.24) is 0 Å². The molecule has 4 N–H and O–H groups in total. The molecule has 4 heteroatoms. The molecule has 3 rings (SSSR count). The molecule has 19 heavy (non-hydrogen) atoms. The first kappa shape index (κ1) is 12.5. The Hall–Kier alpha value is -1.55. The molecule has 0 aromatic heterocycles. The van der Waals surface area contributed by atoms with Crippen LogP contribution >= 0.6 is 0 Å². The lowest BCUT2D eigenvalue weighted by molar-refractivity contribution is -0.119. The van der Waals surface area contributed by atoms with Crippen molar-refractivity contribution in [2.24, 2.45) is 11.1 Å². The molecule has 1 aliphatic heterocycles. The van der Waals surface area contributed by atoms with Gasteiger partial charge in [0, 0.05) is 29.8 Å². The Bertz CT molecular complexity index is 503. The van der Waals surface area contributed by atoms with Gasteiger partial charge in [-0.3, -0.25) is 4.79 Å². The minimum Gasteiger partial charge on any atom is -0.399 e. The van der Waals surface area contributed by atoms with Crippen LogP contribution in [0.5, 0.6) is 0 Å². The summed E-state index contributed by atoms with van der Waals surface area (Å²) in [6, 6.07) is 5.84. The smallest absolute Gasteiger partial charge is 0.227 e. The maximum Gasteiger partial charge on any atom is 0.227 e. The molecule has 1 heterocycles. The molecule has 1 fully saturated rings. The van der Waals surface area contributed by atoms with Gasteiger partial charge in [-0.15, -0.1) is 0 Å². The van der Waals surface area contributed by atoms with Crippen molar-refractivity contribution in [3.63, 3.8) is 0 Å². The zero-order chi connectivity index (χ0) is 13.5. The first-order valence-electron chi connectivity index (χ1n) is 7.02. The first-order chi connectivity index (χ1) is 9.13. The molecule has 0 radical (unpaired) electrons. The van der Waals surface area contributed by atoms with Crippen molar-refractivity contribution < 1.29 is 4.79 Å². The van der Waals surface area contributed by atoms with Gasteiger partial charge in [0.15, 0.2) is 0 Å². The largest absolute Gasteiger partial charge is 0.399 e. The number of nitrogen functional groups attached to an aromatic ring is 1. The Kier molecular flexibility index (Phi) is 2.97. The maximum atomic E-state index is 12.2. The molecule has 4 nitrogen and oxygen atoms in total. The number of hydrogen-bond acceptors (Lipinski definition) is 3. The first-order valence-corrected chi connectivity index (χ1v) is 7.02. The topological polar surface area (TPSA) is 72.3 Å². The van der Waals surface area contributed by atoms with E-state index in [1.807, 2.05) is 23.1 Å². The highest BCUT2D eigenvalue weighted by atomic mass is 16.2. The molecule has 1 aliphatic carbocycles. The number of carbonyl (C=O) groups excluding carboxylic acids is 1. The minimum absolute atomic E-state index is 0.145. The average Bonchev–Trinajstić information content (AvgIpc) is 2.36. The number of nitrogens with zero attached hydrogens (tertiary/aromatic N) is 1. The highest BCUT2D eigenvalue weighted by Crippen LogP contribution is 2.42. The van der Waals surface area contributed by atoms with E-state index in [2.05, 4.69) is 0 Å². The molecule has 0 saturated heterocycles. The Balaban J connectivity index is 1.90. The number of hydrogen-bond donors (Lipinski definition) is 2. The second kappa shape index (κ2) is 4.53. The fourth-order valence-electron chi connectivity index (χ4n) is 3.19. The van der Waals surface area contributed by atoms with Crippen LogP contribution in [0.2, 0.25) is 0 Å². The molecule has 0 spiro atoms. The number of benzene rings is 1. The summed E-state index contributed by atoms with van der Waals surface area (Å²) in [5.41, 5.74) is 14.9. The third-order valence-electron chi connectivity index (χ3n) is 4.64. The lowest BCUT2D eigenvalue weighted by Crippen LogP contribution is -2.50. The van der Waals surface area contributed by atoms with Crippen molar-refractivity contribution in [1.29, 1.82) is 0 Å². The van der Waals surface area contributed by atoms with E-state index in [-0.39, 0.29) is 11.3 Å². The normalized spacial score (nSPS) is 20.9. The van der Waals surface area contributed by atoms with Crippen molar-refractivity contribution in [2.45, 2.75) is 32.1 Å². The van der Waals surface area contributed by atoms with Crippen LogP contribution in [-0.2, 0) is 11.2 Å². The van der Waals surface area contributed by atoms with Crippen LogP contribution in [0.15, 0.2) is 18.2 Å². The summed E-state index contributed by atoms with van der Waals surface area (Å²) in [5, 5.41) is 0. The van der Waals surface area contributed by atoms with Gasteiger partial charge in [-0.05, 0) is 49.6 Å². The number of aryl methyl sites for hydroxylation is 1. The molecule has 2 aliphatic rings. The predicted octanol–water partition coefficient (Wildman–Crippen LogP) is 1.68. The quantitative estimate of drug-likeness (QED) is 0.811. The second-order valence-corrected chi connectivity index (χ2v) is 5.93. The van der Waals surface area contributed by atoms with Gasteiger partial charge in [-0.2, -0.15) is 0 Å². The Morgan fingerprint density at radius 3 is 2.68 bits per heavy atom. The highest BCUT2D eigenvalue weighted by molar-refractivity contribution is 5.96. The second-order valence-electron chi connectivity index (χ2n) is 5.93. The summed E-state index contributed by atoms with van der Waals surface area (Å²) in [5.74, 6) is 0.219. The van der Waals surface area contributed by atoms with Gasteiger partial charge >= 0.3 is 0 Å². The molecule has 0 atom stereocenters. The van der Waals surface area contributed by atoms with Crippen LogP contribution in [0.3, 0.4) is 0 Å². The summed E-state index contributed by atoms with van der Waals surface area (Å²) >= 11 is 0. The number of amides is 1. The van der Waals surface area contributed by atoms with E-state index in [9.17, 15) is 4.79 Å². The standard InChI is InChI=1S/C15H21N3O/c16-9-15(6-1-7-15)10-18-13-4-3-12(17)8-11(13)2-5-14(18)19/h3-4,8H,1-2,5-7,9-10,16-17H2. The molecule has 1 amide bonds. The van der Waals surface area contributed by atoms with E-state index in [1.54, 1.807) is 0 Å². The zero-order valence-corrected chi connectivity index (χ0v) is 11.2. The van der Waals surface area contributed by atoms with E-state index in [1.165, 1.54) is 12.0 Å². The van der Waals surface area contributed by atoms with Crippen LogP contribution in [-0.4, -0.2) is 19.0 Å². The van der Waals surface area contributed by atoms with Crippen molar-refractivity contribution in [3.8, 4) is 0 Å². The molecule has 1 aromatic rings. The van der Waals surface area contributed by atoms with Gasteiger partial charge in [-0.1, -0.05) is 6.42 Å². The summed E-state index contributed by atoms with van der Waals surface area (Å²) in [4.78, 5) is 14.2. The zero-order valence-electron chi connectivity index (χ0n) is 11.2. The van der Waals surface area contributed by atoms with Crippen molar-refractivity contribution >= 4 is 17.3 Å². The van der Waals surface area contributed by atoms with Gasteiger partial charge in [0.1, 0.15) is 0 Å². The number of fused-ring (bicyclic) bond motifs is 1. The lowest BCUT2D eigenvalue weighted by atomic mass is 9.68. The molecule has 0 unspecified atom stereocenters. The van der Waals surface area contributed by atoms with Gasteiger partial charge < -0.3 is 16.4 Å². The van der Waals surface area contributed by atoms with Crippen LogP contribution in [0, 0.1) is 5.41 Å². The predicted molar refractivity (Wildman–Crippen MR) is 76.9 cm³/mol. The number of nitrogens with two attached hydrogens (primary N) is 2. The monoisotopic (exact) mass is 259 g/mol.